The standard InChI is InChI=1S/C13H14N2O2/c1-2-17-12-6-5-9(11(16)8-14)10-4-3-7-15-13(10)12/h3-7H,2,8,14H2,1H3. The molecule has 1 aromatic carbocycles. The van der Waals surface area contributed by atoms with Crippen molar-refractivity contribution >= 4 is 16.7 Å². The van der Waals surface area contributed by atoms with Gasteiger partial charge in [0.15, 0.2) is 5.78 Å². The van der Waals surface area contributed by atoms with Crippen LogP contribution in [0.5, 0.6) is 5.75 Å². The highest BCUT2D eigenvalue weighted by atomic mass is 16.5. The molecule has 17 heavy (non-hydrogen) atoms. The normalized spacial score (nSPS) is 10.5. The van der Waals surface area contributed by atoms with Crippen molar-refractivity contribution in [2.24, 2.45) is 5.73 Å². The summed E-state index contributed by atoms with van der Waals surface area (Å²) in [7, 11) is 0. The summed E-state index contributed by atoms with van der Waals surface area (Å²) >= 11 is 0. The Balaban J connectivity index is 2.66. The molecule has 4 nitrogen and oxygen atoms in total. The van der Waals surface area contributed by atoms with Gasteiger partial charge >= 0.3 is 0 Å². The highest BCUT2D eigenvalue weighted by Gasteiger charge is 2.12. The van der Waals surface area contributed by atoms with Crippen molar-refractivity contribution in [2.45, 2.75) is 6.92 Å². The Morgan fingerprint density at radius 3 is 2.94 bits per heavy atom. The van der Waals surface area contributed by atoms with Crippen molar-refractivity contribution in [2.75, 3.05) is 13.2 Å². The van der Waals surface area contributed by atoms with Crippen molar-refractivity contribution in [3.05, 3.63) is 36.0 Å². The van der Waals surface area contributed by atoms with Crippen LogP contribution in [0.3, 0.4) is 0 Å². The molecular weight excluding hydrogens is 216 g/mol. The minimum Gasteiger partial charge on any atom is -0.492 e. The lowest BCUT2D eigenvalue weighted by atomic mass is 10.0. The molecule has 0 saturated heterocycles. The van der Waals surface area contributed by atoms with Crippen LogP contribution >= 0.6 is 0 Å². The van der Waals surface area contributed by atoms with E-state index in [1.54, 1.807) is 24.4 Å². The SMILES string of the molecule is CCOc1ccc(C(=O)CN)c2cccnc12. The summed E-state index contributed by atoms with van der Waals surface area (Å²) in [5.74, 6) is 0.600. The first-order chi connectivity index (χ1) is 8.27. The summed E-state index contributed by atoms with van der Waals surface area (Å²) in [4.78, 5) is 16.0. The molecule has 0 unspecified atom stereocenters. The summed E-state index contributed by atoms with van der Waals surface area (Å²) in [6.07, 6.45) is 1.68. The number of pyridine rings is 1. The number of nitrogens with zero attached hydrogens (tertiary/aromatic N) is 1. The zero-order valence-corrected chi connectivity index (χ0v) is 9.64. The predicted molar refractivity (Wildman–Crippen MR) is 66.3 cm³/mol. The second kappa shape index (κ2) is 4.93. The molecule has 0 fully saturated rings. The summed E-state index contributed by atoms with van der Waals surface area (Å²) in [5, 5.41) is 0.786. The first kappa shape index (κ1) is 11.5. The molecule has 0 aliphatic carbocycles. The second-order valence-corrected chi connectivity index (χ2v) is 3.57. The van der Waals surface area contributed by atoms with E-state index in [1.165, 1.54) is 0 Å². The monoisotopic (exact) mass is 230 g/mol. The number of carbonyl (C=O) groups excluding carboxylic acids is 1. The molecule has 88 valence electrons. The van der Waals surface area contributed by atoms with Gasteiger partial charge in [-0.1, -0.05) is 6.07 Å². The van der Waals surface area contributed by atoms with Gasteiger partial charge in [0.25, 0.3) is 0 Å². The Kier molecular flexibility index (Phi) is 3.35. The van der Waals surface area contributed by atoms with Gasteiger partial charge in [-0.15, -0.1) is 0 Å². The van der Waals surface area contributed by atoms with Crippen molar-refractivity contribution in [3.8, 4) is 5.75 Å². The average Bonchev–Trinajstić information content (AvgIpc) is 2.38. The lowest BCUT2D eigenvalue weighted by Crippen LogP contribution is -2.14. The van der Waals surface area contributed by atoms with Crippen LogP contribution in [0.25, 0.3) is 10.9 Å². The maximum absolute atomic E-state index is 11.7. The lowest BCUT2D eigenvalue weighted by molar-refractivity contribution is 0.100. The van der Waals surface area contributed by atoms with Crippen LogP contribution in [0.15, 0.2) is 30.5 Å². The zero-order valence-electron chi connectivity index (χ0n) is 9.64. The minimum atomic E-state index is -0.0916. The molecule has 1 heterocycles. The number of Topliss-reactive ketones (excluding diaryl/α,β-unsaturated/α-hetero) is 1. The van der Waals surface area contributed by atoms with Crippen LogP contribution in [0.2, 0.25) is 0 Å². The number of nitrogens with two attached hydrogens (primary N) is 1. The van der Waals surface area contributed by atoms with Crippen LogP contribution in [0, 0.1) is 0 Å². The van der Waals surface area contributed by atoms with Gasteiger partial charge in [0.05, 0.1) is 13.2 Å². The van der Waals surface area contributed by atoms with Crippen LogP contribution in [0.4, 0.5) is 0 Å². The molecule has 2 N–H and O–H groups in total. The average molecular weight is 230 g/mol. The van der Waals surface area contributed by atoms with E-state index >= 15 is 0 Å². The molecule has 0 atom stereocenters. The van der Waals surface area contributed by atoms with Crippen LogP contribution in [0.1, 0.15) is 17.3 Å². The second-order valence-electron chi connectivity index (χ2n) is 3.57. The van der Waals surface area contributed by atoms with Gasteiger partial charge in [0, 0.05) is 17.1 Å². The molecule has 0 radical (unpaired) electrons. The molecule has 2 aromatic rings. The fourth-order valence-electron chi connectivity index (χ4n) is 1.77. The number of ketones is 1. The first-order valence-electron chi connectivity index (χ1n) is 5.51. The Morgan fingerprint density at radius 2 is 2.24 bits per heavy atom. The lowest BCUT2D eigenvalue weighted by Gasteiger charge is -2.09. The summed E-state index contributed by atoms with van der Waals surface area (Å²) < 4.78 is 5.48. The molecule has 0 bridgehead atoms. The maximum atomic E-state index is 11.7. The quantitative estimate of drug-likeness (QED) is 0.813. The van der Waals surface area contributed by atoms with Gasteiger partial charge < -0.3 is 10.5 Å². The Bertz CT molecular complexity index is 552. The van der Waals surface area contributed by atoms with Gasteiger partial charge in [-0.3, -0.25) is 9.78 Å². The largest absolute Gasteiger partial charge is 0.492 e. The molecule has 0 aliphatic heterocycles. The maximum Gasteiger partial charge on any atom is 0.177 e. The van der Waals surface area contributed by atoms with Gasteiger partial charge in [-0.2, -0.15) is 0 Å². The fraction of sp³-hybridized carbons (Fsp3) is 0.231. The van der Waals surface area contributed by atoms with Crippen LogP contribution in [-0.4, -0.2) is 23.9 Å². The highest BCUT2D eigenvalue weighted by Crippen LogP contribution is 2.26. The highest BCUT2D eigenvalue weighted by molar-refractivity contribution is 6.09. The number of aromatic nitrogens is 1. The molecule has 4 heteroatoms. The smallest absolute Gasteiger partial charge is 0.177 e. The first-order valence-corrected chi connectivity index (χ1v) is 5.51. The fourth-order valence-corrected chi connectivity index (χ4v) is 1.77. The molecular formula is C13H14N2O2. The van der Waals surface area contributed by atoms with Crippen LogP contribution in [-0.2, 0) is 0 Å². The number of ether oxygens (including phenoxy) is 1. The summed E-state index contributed by atoms with van der Waals surface area (Å²) in [5.41, 5.74) is 6.69. The van der Waals surface area contributed by atoms with Crippen LogP contribution < -0.4 is 10.5 Å². The van der Waals surface area contributed by atoms with Crippen molar-refractivity contribution in [3.63, 3.8) is 0 Å². The van der Waals surface area contributed by atoms with E-state index in [9.17, 15) is 4.79 Å². The third kappa shape index (κ3) is 2.12. The van der Waals surface area contributed by atoms with Gasteiger partial charge in [0.1, 0.15) is 11.3 Å². The van der Waals surface area contributed by atoms with E-state index in [4.69, 9.17) is 10.5 Å². The molecule has 2 rings (SSSR count). The molecule has 0 amide bonds. The van der Waals surface area contributed by atoms with Gasteiger partial charge in [-0.05, 0) is 25.1 Å². The van der Waals surface area contributed by atoms with E-state index in [1.807, 2.05) is 13.0 Å². The van der Waals surface area contributed by atoms with E-state index in [0.29, 0.717) is 23.4 Å². The van der Waals surface area contributed by atoms with E-state index in [2.05, 4.69) is 4.98 Å². The van der Waals surface area contributed by atoms with E-state index in [0.717, 1.165) is 5.39 Å². The predicted octanol–water partition coefficient (Wildman–Crippen LogP) is 1.77. The summed E-state index contributed by atoms with van der Waals surface area (Å²) in [6.45, 7) is 2.47. The molecule has 0 spiro atoms. The van der Waals surface area contributed by atoms with Gasteiger partial charge in [-0.25, -0.2) is 0 Å². The zero-order chi connectivity index (χ0) is 12.3. The van der Waals surface area contributed by atoms with E-state index < -0.39 is 0 Å². The van der Waals surface area contributed by atoms with Crippen molar-refractivity contribution in [1.82, 2.24) is 4.98 Å². The number of hydrogen-bond acceptors (Lipinski definition) is 4. The third-order valence-corrected chi connectivity index (χ3v) is 2.52. The minimum absolute atomic E-state index is 0.00201. The molecule has 1 aromatic heterocycles. The number of hydrogen-bond donors (Lipinski definition) is 1. The molecule has 0 aliphatic rings. The van der Waals surface area contributed by atoms with Crippen molar-refractivity contribution in [1.29, 1.82) is 0 Å². The Morgan fingerprint density at radius 1 is 1.41 bits per heavy atom. The summed E-state index contributed by atoms with van der Waals surface area (Å²) in [6, 6.07) is 7.16. The van der Waals surface area contributed by atoms with Crippen molar-refractivity contribution < 1.29 is 9.53 Å². The number of carbonyl (C=O) groups is 1. The molecule has 0 saturated carbocycles. The Hall–Kier alpha value is -1.94. The van der Waals surface area contributed by atoms with Gasteiger partial charge in [0.2, 0.25) is 0 Å². The topological polar surface area (TPSA) is 65.2 Å². The number of rotatable bonds is 4. The number of fused-ring (bicyclic) bond motifs is 1. The third-order valence-electron chi connectivity index (χ3n) is 2.52. The Labute approximate surface area is 99.4 Å². The van der Waals surface area contributed by atoms with E-state index in [-0.39, 0.29) is 12.3 Å². The number of benzene rings is 1.